The van der Waals surface area contributed by atoms with Gasteiger partial charge in [-0.1, -0.05) is 29.8 Å². The molecule has 0 aliphatic rings. The second kappa shape index (κ2) is 6.20. The van der Waals surface area contributed by atoms with Crippen LogP contribution < -0.4 is 5.32 Å². The lowest BCUT2D eigenvalue weighted by Gasteiger charge is -2.09. The van der Waals surface area contributed by atoms with Crippen molar-refractivity contribution < 1.29 is 4.79 Å². The van der Waals surface area contributed by atoms with Crippen molar-refractivity contribution in [1.82, 2.24) is 15.0 Å². The standard InChI is InChI=1S/C18H20N4O/c1-4-9-22-17-8-6-14(11-16(17)20-21-22)18(23)19-15-7-5-12(2)10-13(15)3/h5-8,10-11H,4,9H2,1-3H3,(H,19,23). The lowest BCUT2D eigenvalue weighted by Crippen LogP contribution is -2.12. The van der Waals surface area contributed by atoms with Crippen molar-refractivity contribution in [3.8, 4) is 0 Å². The van der Waals surface area contributed by atoms with Gasteiger partial charge in [0.2, 0.25) is 0 Å². The third-order valence-corrected chi connectivity index (χ3v) is 3.84. The first-order chi connectivity index (χ1) is 11.1. The summed E-state index contributed by atoms with van der Waals surface area (Å²) in [6.45, 7) is 6.94. The van der Waals surface area contributed by atoms with E-state index in [0.717, 1.165) is 35.2 Å². The Morgan fingerprint density at radius 1 is 1.17 bits per heavy atom. The zero-order valence-electron chi connectivity index (χ0n) is 13.6. The van der Waals surface area contributed by atoms with Crippen molar-refractivity contribution in [1.29, 1.82) is 0 Å². The van der Waals surface area contributed by atoms with Crippen LogP contribution in [0.15, 0.2) is 36.4 Å². The highest BCUT2D eigenvalue weighted by atomic mass is 16.1. The number of anilines is 1. The third-order valence-electron chi connectivity index (χ3n) is 3.84. The van der Waals surface area contributed by atoms with E-state index in [9.17, 15) is 4.79 Å². The van der Waals surface area contributed by atoms with E-state index in [1.165, 1.54) is 5.56 Å². The molecule has 1 aromatic heterocycles. The number of amides is 1. The lowest BCUT2D eigenvalue weighted by atomic mass is 10.1. The molecule has 3 rings (SSSR count). The maximum atomic E-state index is 12.5. The Morgan fingerprint density at radius 2 is 2.00 bits per heavy atom. The Kier molecular flexibility index (Phi) is 4.10. The van der Waals surface area contributed by atoms with Gasteiger partial charge in [0.15, 0.2) is 0 Å². The van der Waals surface area contributed by atoms with E-state index >= 15 is 0 Å². The van der Waals surface area contributed by atoms with Crippen LogP contribution in [0.5, 0.6) is 0 Å². The molecule has 0 aliphatic carbocycles. The summed E-state index contributed by atoms with van der Waals surface area (Å²) >= 11 is 0. The average molecular weight is 308 g/mol. The first-order valence-corrected chi connectivity index (χ1v) is 7.80. The Morgan fingerprint density at radius 3 is 2.74 bits per heavy atom. The molecule has 0 saturated carbocycles. The smallest absolute Gasteiger partial charge is 0.255 e. The summed E-state index contributed by atoms with van der Waals surface area (Å²) < 4.78 is 1.86. The first kappa shape index (κ1) is 15.2. The summed E-state index contributed by atoms with van der Waals surface area (Å²) in [6, 6.07) is 11.5. The van der Waals surface area contributed by atoms with Gasteiger partial charge >= 0.3 is 0 Å². The van der Waals surface area contributed by atoms with Crippen LogP contribution in [-0.4, -0.2) is 20.9 Å². The summed E-state index contributed by atoms with van der Waals surface area (Å²) in [5.74, 6) is -0.135. The predicted molar refractivity (Wildman–Crippen MR) is 91.7 cm³/mol. The van der Waals surface area contributed by atoms with Crippen LogP contribution in [0.3, 0.4) is 0 Å². The minimum Gasteiger partial charge on any atom is -0.322 e. The highest BCUT2D eigenvalue weighted by Gasteiger charge is 2.11. The molecule has 1 amide bonds. The molecule has 0 aliphatic heterocycles. The van der Waals surface area contributed by atoms with Gasteiger partial charge in [-0.15, -0.1) is 5.10 Å². The minimum atomic E-state index is -0.135. The normalized spacial score (nSPS) is 10.9. The molecule has 0 fully saturated rings. The lowest BCUT2D eigenvalue weighted by molar-refractivity contribution is 0.102. The monoisotopic (exact) mass is 308 g/mol. The average Bonchev–Trinajstić information content (AvgIpc) is 2.93. The fourth-order valence-electron chi connectivity index (χ4n) is 2.64. The Hall–Kier alpha value is -2.69. The molecule has 2 aromatic carbocycles. The van der Waals surface area contributed by atoms with Gasteiger partial charge in [-0.3, -0.25) is 4.79 Å². The molecule has 3 aromatic rings. The molecule has 5 heteroatoms. The number of hydrogen-bond donors (Lipinski definition) is 1. The van der Waals surface area contributed by atoms with Gasteiger partial charge in [0.1, 0.15) is 5.52 Å². The highest BCUT2D eigenvalue weighted by molar-refractivity contribution is 6.06. The molecule has 118 valence electrons. The highest BCUT2D eigenvalue weighted by Crippen LogP contribution is 2.19. The Balaban J connectivity index is 1.86. The number of carbonyl (C=O) groups excluding carboxylic acids is 1. The molecule has 0 atom stereocenters. The molecule has 1 heterocycles. The van der Waals surface area contributed by atoms with Crippen LogP contribution in [0.4, 0.5) is 5.69 Å². The van der Waals surface area contributed by atoms with E-state index in [2.05, 4.69) is 28.6 Å². The molecule has 0 bridgehead atoms. The van der Waals surface area contributed by atoms with Crippen LogP contribution >= 0.6 is 0 Å². The third kappa shape index (κ3) is 3.08. The zero-order valence-corrected chi connectivity index (χ0v) is 13.6. The van der Waals surface area contributed by atoms with Crippen LogP contribution in [-0.2, 0) is 6.54 Å². The van der Waals surface area contributed by atoms with E-state index in [4.69, 9.17) is 0 Å². The van der Waals surface area contributed by atoms with Crippen LogP contribution in [0, 0.1) is 13.8 Å². The molecule has 23 heavy (non-hydrogen) atoms. The maximum Gasteiger partial charge on any atom is 0.255 e. The molecular formula is C18H20N4O. The quantitative estimate of drug-likeness (QED) is 0.799. The SMILES string of the molecule is CCCn1nnc2cc(C(=O)Nc3ccc(C)cc3C)ccc21. The van der Waals surface area contributed by atoms with Crippen LogP contribution in [0.1, 0.15) is 34.8 Å². The summed E-state index contributed by atoms with van der Waals surface area (Å²) in [6.07, 6.45) is 0.993. The number of aryl methyl sites for hydroxylation is 3. The molecule has 0 radical (unpaired) electrons. The molecule has 1 N–H and O–H groups in total. The fraction of sp³-hybridized carbons (Fsp3) is 0.278. The number of fused-ring (bicyclic) bond motifs is 1. The van der Waals surface area contributed by atoms with E-state index < -0.39 is 0 Å². The minimum absolute atomic E-state index is 0.135. The number of aromatic nitrogens is 3. The molecule has 0 spiro atoms. The van der Waals surface area contributed by atoms with Crippen LogP contribution in [0.25, 0.3) is 11.0 Å². The van der Waals surface area contributed by atoms with Crippen molar-refractivity contribution in [2.24, 2.45) is 0 Å². The van der Waals surface area contributed by atoms with Gasteiger partial charge in [0.25, 0.3) is 5.91 Å². The van der Waals surface area contributed by atoms with Crippen molar-refractivity contribution in [3.63, 3.8) is 0 Å². The second-order valence-corrected chi connectivity index (χ2v) is 5.79. The van der Waals surface area contributed by atoms with Gasteiger partial charge in [0.05, 0.1) is 5.52 Å². The summed E-state index contributed by atoms with van der Waals surface area (Å²) in [7, 11) is 0. The van der Waals surface area contributed by atoms with E-state index in [0.29, 0.717) is 5.56 Å². The van der Waals surface area contributed by atoms with Crippen molar-refractivity contribution in [2.75, 3.05) is 5.32 Å². The molecular weight excluding hydrogens is 288 g/mol. The number of hydrogen-bond acceptors (Lipinski definition) is 3. The van der Waals surface area contributed by atoms with Gasteiger partial charge in [-0.05, 0) is 50.1 Å². The fourth-order valence-corrected chi connectivity index (χ4v) is 2.64. The number of nitrogens with one attached hydrogen (secondary N) is 1. The molecule has 0 saturated heterocycles. The van der Waals surface area contributed by atoms with Gasteiger partial charge < -0.3 is 5.32 Å². The summed E-state index contributed by atoms with van der Waals surface area (Å²) in [4.78, 5) is 12.5. The zero-order chi connectivity index (χ0) is 16.4. The van der Waals surface area contributed by atoms with E-state index in [1.807, 2.05) is 42.8 Å². The summed E-state index contributed by atoms with van der Waals surface area (Å²) in [5, 5.41) is 11.2. The van der Waals surface area contributed by atoms with E-state index in [-0.39, 0.29) is 5.91 Å². The van der Waals surface area contributed by atoms with Gasteiger partial charge in [-0.25, -0.2) is 4.68 Å². The van der Waals surface area contributed by atoms with E-state index in [1.54, 1.807) is 6.07 Å². The number of benzene rings is 2. The first-order valence-electron chi connectivity index (χ1n) is 7.80. The second-order valence-electron chi connectivity index (χ2n) is 5.79. The van der Waals surface area contributed by atoms with Crippen LogP contribution in [0.2, 0.25) is 0 Å². The number of rotatable bonds is 4. The largest absolute Gasteiger partial charge is 0.322 e. The van der Waals surface area contributed by atoms with Crippen molar-refractivity contribution in [2.45, 2.75) is 33.7 Å². The number of nitrogens with zero attached hydrogens (tertiary/aromatic N) is 3. The maximum absolute atomic E-state index is 12.5. The van der Waals surface area contributed by atoms with Gasteiger partial charge in [-0.2, -0.15) is 0 Å². The number of carbonyl (C=O) groups is 1. The predicted octanol–water partition coefficient (Wildman–Crippen LogP) is 3.71. The summed E-state index contributed by atoms with van der Waals surface area (Å²) in [5.41, 5.74) is 5.33. The Labute approximate surface area is 135 Å². The molecule has 0 unspecified atom stereocenters. The molecule has 5 nitrogen and oxygen atoms in total. The Bertz CT molecular complexity index is 867. The van der Waals surface area contributed by atoms with Gasteiger partial charge in [0, 0.05) is 17.8 Å². The van der Waals surface area contributed by atoms with Crippen molar-refractivity contribution >= 4 is 22.6 Å². The van der Waals surface area contributed by atoms with Crippen molar-refractivity contribution in [3.05, 3.63) is 53.1 Å². The topological polar surface area (TPSA) is 59.8 Å².